The number of non-ortho nitro benzene ring substituents is 1. The summed E-state index contributed by atoms with van der Waals surface area (Å²) < 4.78 is 0. The maximum atomic E-state index is 10.2. The standard InChI is InChI=1S/C7H4N2O2.BH2O2/c8-5-6-2-1-3-7(4-6)9(10)11;2-1-3/h1-4H;2-3H. The van der Waals surface area contributed by atoms with Crippen molar-refractivity contribution in [3.8, 4) is 6.07 Å². The van der Waals surface area contributed by atoms with Gasteiger partial charge < -0.3 is 10.0 Å². The topological polar surface area (TPSA) is 107 Å². The van der Waals surface area contributed by atoms with Crippen LogP contribution in [0.5, 0.6) is 0 Å². The van der Waals surface area contributed by atoms with Crippen LogP contribution in [0.4, 0.5) is 5.69 Å². The zero-order valence-electron chi connectivity index (χ0n) is 6.99. The molecule has 0 aliphatic carbocycles. The molecule has 0 aromatic heterocycles. The van der Waals surface area contributed by atoms with Crippen LogP contribution in [0, 0.1) is 21.4 Å². The summed E-state index contributed by atoms with van der Waals surface area (Å²) in [5.74, 6) is 0. The summed E-state index contributed by atoms with van der Waals surface area (Å²) in [5, 5.41) is 32.5. The molecule has 7 heteroatoms. The molecule has 1 aromatic carbocycles. The number of benzene rings is 1. The fraction of sp³-hybridized carbons (Fsp3) is 0. The van der Waals surface area contributed by atoms with Crippen molar-refractivity contribution in [1.29, 1.82) is 5.26 Å². The third-order valence-electron chi connectivity index (χ3n) is 1.19. The van der Waals surface area contributed by atoms with Gasteiger partial charge >= 0.3 is 7.69 Å². The number of nitrogens with zero attached hydrogens (tertiary/aromatic N) is 2. The van der Waals surface area contributed by atoms with Crippen LogP contribution in [0.2, 0.25) is 0 Å². The van der Waals surface area contributed by atoms with Crippen LogP contribution in [0.25, 0.3) is 0 Å². The molecule has 1 rings (SSSR count). The fourth-order valence-corrected chi connectivity index (χ4v) is 0.689. The molecular formula is C7H6BN2O4. The lowest BCUT2D eigenvalue weighted by Gasteiger charge is -1.89. The number of nitriles is 1. The van der Waals surface area contributed by atoms with Crippen LogP contribution in [-0.2, 0) is 0 Å². The Hall–Kier alpha value is -1.91. The molecule has 1 aromatic rings. The van der Waals surface area contributed by atoms with E-state index in [-0.39, 0.29) is 13.4 Å². The minimum atomic E-state index is -0.527. The highest BCUT2D eigenvalue weighted by Crippen LogP contribution is 2.11. The Balaban J connectivity index is 0.000000500. The highest BCUT2D eigenvalue weighted by molar-refractivity contribution is 6.13. The van der Waals surface area contributed by atoms with E-state index in [0.717, 1.165) is 0 Å². The third kappa shape index (κ3) is 4.20. The minimum Gasteiger partial charge on any atom is -0.429 e. The van der Waals surface area contributed by atoms with Crippen molar-refractivity contribution < 1.29 is 15.0 Å². The molecule has 0 saturated heterocycles. The smallest absolute Gasteiger partial charge is 0.429 e. The second-order valence-electron chi connectivity index (χ2n) is 2.03. The number of nitro groups is 1. The van der Waals surface area contributed by atoms with Gasteiger partial charge in [-0.25, -0.2) is 0 Å². The fourth-order valence-electron chi connectivity index (χ4n) is 0.689. The van der Waals surface area contributed by atoms with Crippen LogP contribution in [-0.4, -0.2) is 22.7 Å². The monoisotopic (exact) mass is 193 g/mol. The zero-order chi connectivity index (χ0) is 11.0. The second-order valence-corrected chi connectivity index (χ2v) is 2.03. The molecule has 0 spiro atoms. The van der Waals surface area contributed by atoms with Gasteiger partial charge in [-0.05, 0) is 6.07 Å². The minimum absolute atomic E-state index is 0. The molecule has 0 aliphatic heterocycles. The predicted octanol–water partition coefficient (Wildman–Crippen LogP) is -0.0283. The Morgan fingerprint density at radius 1 is 1.50 bits per heavy atom. The highest BCUT2D eigenvalue weighted by Gasteiger charge is 2.03. The van der Waals surface area contributed by atoms with Crippen LogP contribution in [0.1, 0.15) is 5.56 Å². The van der Waals surface area contributed by atoms with E-state index in [2.05, 4.69) is 0 Å². The van der Waals surface area contributed by atoms with Gasteiger partial charge in [0.2, 0.25) is 0 Å². The molecule has 6 nitrogen and oxygen atoms in total. The van der Waals surface area contributed by atoms with E-state index in [4.69, 9.17) is 15.3 Å². The summed E-state index contributed by atoms with van der Waals surface area (Å²) >= 11 is 0. The molecule has 0 amide bonds. The average Bonchev–Trinajstić information content (AvgIpc) is 2.19. The first-order valence-electron chi connectivity index (χ1n) is 3.40. The van der Waals surface area contributed by atoms with Crippen molar-refractivity contribution in [2.75, 3.05) is 0 Å². The first kappa shape index (κ1) is 12.1. The molecule has 0 aliphatic rings. The summed E-state index contributed by atoms with van der Waals surface area (Å²) in [5.41, 5.74) is 0.253. The van der Waals surface area contributed by atoms with Gasteiger partial charge in [0.05, 0.1) is 16.6 Å². The zero-order valence-corrected chi connectivity index (χ0v) is 6.99. The van der Waals surface area contributed by atoms with E-state index in [0.29, 0.717) is 5.56 Å². The summed E-state index contributed by atoms with van der Waals surface area (Å²) in [4.78, 5) is 9.64. The lowest BCUT2D eigenvalue weighted by molar-refractivity contribution is -0.384. The molecule has 0 fully saturated rings. The number of nitro benzene ring substituents is 1. The van der Waals surface area contributed by atoms with Crippen LogP contribution < -0.4 is 0 Å². The molecule has 0 heterocycles. The van der Waals surface area contributed by atoms with E-state index in [1.807, 2.05) is 6.07 Å². The van der Waals surface area contributed by atoms with Gasteiger partial charge in [-0.2, -0.15) is 5.26 Å². The summed E-state index contributed by atoms with van der Waals surface area (Å²) in [6, 6.07) is 7.41. The quantitative estimate of drug-likeness (QED) is 0.369. The van der Waals surface area contributed by atoms with Gasteiger partial charge in [-0.3, -0.25) is 10.1 Å². The van der Waals surface area contributed by atoms with Gasteiger partial charge in [0.1, 0.15) is 0 Å². The van der Waals surface area contributed by atoms with Crippen molar-refractivity contribution in [3.05, 3.63) is 39.9 Å². The Labute approximate surface area is 80.5 Å². The van der Waals surface area contributed by atoms with Crippen LogP contribution in [0.15, 0.2) is 24.3 Å². The summed E-state index contributed by atoms with van der Waals surface area (Å²) in [7, 11) is 0. The van der Waals surface area contributed by atoms with E-state index in [1.165, 1.54) is 24.3 Å². The number of hydrogen-bond acceptors (Lipinski definition) is 5. The Kier molecular flexibility index (Phi) is 5.70. The molecule has 0 unspecified atom stereocenters. The largest absolute Gasteiger partial charge is 0.482 e. The Morgan fingerprint density at radius 3 is 2.50 bits per heavy atom. The third-order valence-corrected chi connectivity index (χ3v) is 1.19. The van der Waals surface area contributed by atoms with Crippen LogP contribution >= 0.6 is 0 Å². The van der Waals surface area contributed by atoms with E-state index in [1.54, 1.807) is 0 Å². The van der Waals surface area contributed by atoms with Crippen molar-refractivity contribution in [1.82, 2.24) is 0 Å². The Bertz CT molecular complexity index is 350. The van der Waals surface area contributed by atoms with Gasteiger partial charge in [0, 0.05) is 12.1 Å². The van der Waals surface area contributed by atoms with Crippen molar-refractivity contribution in [2.24, 2.45) is 0 Å². The summed E-state index contributed by atoms with van der Waals surface area (Å²) in [6.45, 7) is 0. The molecule has 0 bridgehead atoms. The second kappa shape index (κ2) is 6.59. The average molecular weight is 193 g/mol. The van der Waals surface area contributed by atoms with Gasteiger partial charge in [0.15, 0.2) is 0 Å². The maximum Gasteiger partial charge on any atom is 0.482 e. The normalized spacial score (nSPS) is 7.79. The van der Waals surface area contributed by atoms with E-state index in [9.17, 15) is 10.1 Å². The predicted molar refractivity (Wildman–Crippen MR) is 48.0 cm³/mol. The number of hydrogen-bond donors (Lipinski definition) is 2. The Morgan fingerprint density at radius 2 is 2.07 bits per heavy atom. The molecule has 0 saturated carbocycles. The molecule has 2 N–H and O–H groups in total. The molecule has 1 radical (unpaired) electrons. The van der Waals surface area contributed by atoms with Crippen molar-refractivity contribution in [3.63, 3.8) is 0 Å². The lowest BCUT2D eigenvalue weighted by atomic mass is 10.2. The maximum absolute atomic E-state index is 10.2. The first-order valence-corrected chi connectivity index (χ1v) is 3.40. The summed E-state index contributed by atoms with van der Waals surface area (Å²) in [6.07, 6.45) is 0. The van der Waals surface area contributed by atoms with Crippen molar-refractivity contribution >= 4 is 13.4 Å². The SMILES string of the molecule is N#Cc1cccc([N+](=O)[O-])c1.O[B]O. The first-order chi connectivity index (χ1) is 6.65. The molecular weight excluding hydrogens is 187 g/mol. The van der Waals surface area contributed by atoms with Gasteiger partial charge in [-0.15, -0.1) is 0 Å². The van der Waals surface area contributed by atoms with Crippen LogP contribution in [0.3, 0.4) is 0 Å². The molecule has 71 valence electrons. The van der Waals surface area contributed by atoms with Crippen molar-refractivity contribution in [2.45, 2.75) is 0 Å². The number of rotatable bonds is 1. The lowest BCUT2D eigenvalue weighted by Crippen LogP contribution is -1.87. The highest BCUT2D eigenvalue weighted by atomic mass is 16.6. The molecule has 14 heavy (non-hydrogen) atoms. The van der Waals surface area contributed by atoms with Gasteiger partial charge in [0.25, 0.3) is 5.69 Å². The van der Waals surface area contributed by atoms with Gasteiger partial charge in [-0.1, -0.05) is 6.07 Å². The molecule has 0 atom stereocenters. The van der Waals surface area contributed by atoms with E-state index < -0.39 is 4.92 Å². The van der Waals surface area contributed by atoms with E-state index >= 15 is 0 Å².